The molecule has 0 atom stereocenters. The summed E-state index contributed by atoms with van der Waals surface area (Å²) in [7, 11) is 2.04. The average Bonchev–Trinajstić information content (AvgIpc) is 2.74. The normalized spacial score (nSPS) is 16.5. The van der Waals surface area contributed by atoms with Crippen LogP contribution in [0.4, 0.5) is 0 Å². The molecule has 0 aliphatic carbocycles. The zero-order chi connectivity index (χ0) is 20.1. The van der Waals surface area contributed by atoms with Gasteiger partial charge in [-0.25, -0.2) is 0 Å². The van der Waals surface area contributed by atoms with Crippen molar-refractivity contribution in [1.29, 1.82) is 0 Å². The minimum absolute atomic E-state index is 0.115. The van der Waals surface area contributed by atoms with Crippen LogP contribution in [0, 0.1) is 0 Å². The molecule has 0 unspecified atom stereocenters. The number of piperidine rings is 1. The highest BCUT2D eigenvalue weighted by molar-refractivity contribution is 5.97. The monoisotopic (exact) mass is 380 g/mol. The molecule has 0 radical (unpaired) electrons. The van der Waals surface area contributed by atoms with Crippen LogP contribution in [-0.2, 0) is 0 Å². The first-order valence-electron chi connectivity index (χ1n) is 9.83. The van der Waals surface area contributed by atoms with Crippen molar-refractivity contribution in [3.05, 3.63) is 59.7 Å². The van der Waals surface area contributed by atoms with Crippen molar-refractivity contribution in [3.63, 3.8) is 0 Å². The maximum atomic E-state index is 12.4. The second kappa shape index (κ2) is 8.67. The maximum Gasteiger partial charge on any atom is 0.251 e. The molecule has 1 aliphatic heterocycles. The molecular weight excluding hydrogens is 352 g/mol. The lowest BCUT2D eigenvalue weighted by molar-refractivity contribution is -0.0135. The second-order valence-corrected chi connectivity index (χ2v) is 7.65. The van der Waals surface area contributed by atoms with E-state index in [-0.39, 0.29) is 18.2 Å². The van der Waals surface area contributed by atoms with E-state index in [2.05, 4.69) is 10.2 Å². The molecule has 1 fully saturated rings. The molecule has 1 heterocycles. The number of nitrogens with zero attached hydrogens (tertiary/aromatic N) is 1. The summed E-state index contributed by atoms with van der Waals surface area (Å²) in [4.78, 5) is 26.5. The third kappa shape index (κ3) is 4.86. The van der Waals surface area contributed by atoms with Gasteiger partial charge in [0.2, 0.25) is 0 Å². The van der Waals surface area contributed by atoms with Crippen LogP contribution in [0.15, 0.2) is 48.5 Å². The summed E-state index contributed by atoms with van der Waals surface area (Å²) in [6.45, 7) is 3.79. The number of rotatable bonds is 6. The van der Waals surface area contributed by atoms with Gasteiger partial charge in [-0.05, 0) is 49.2 Å². The van der Waals surface area contributed by atoms with E-state index in [1.807, 2.05) is 50.4 Å². The number of carbonyl (C=O) groups is 2. The highest BCUT2D eigenvalue weighted by atomic mass is 16.3. The summed E-state index contributed by atoms with van der Waals surface area (Å²) in [6, 6.07) is 14.9. The van der Waals surface area contributed by atoms with Gasteiger partial charge in [-0.1, -0.05) is 37.3 Å². The van der Waals surface area contributed by atoms with Gasteiger partial charge in [-0.3, -0.25) is 9.59 Å². The number of Topliss-reactive ketones (excluding diaryl/α,β-unsaturated/α-hetero) is 1. The highest BCUT2D eigenvalue weighted by Crippen LogP contribution is 2.23. The lowest BCUT2D eigenvalue weighted by Gasteiger charge is -2.36. The Hall–Kier alpha value is -2.50. The molecule has 1 aliphatic rings. The molecule has 5 nitrogen and oxygen atoms in total. The van der Waals surface area contributed by atoms with E-state index in [1.165, 1.54) is 0 Å². The van der Waals surface area contributed by atoms with Crippen LogP contribution in [0.25, 0.3) is 11.1 Å². The number of benzene rings is 2. The van der Waals surface area contributed by atoms with Crippen molar-refractivity contribution < 1.29 is 14.7 Å². The van der Waals surface area contributed by atoms with Gasteiger partial charge in [0.25, 0.3) is 5.91 Å². The van der Waals surface area contributed by atoms with E-state index in [0.717, 1.165) is 24.2 Å². The van der Waals surface area contributed by atoms with Crippen LogP contribution in [0.1, 0.15) is 46.9 Å². The molecule has 0 aromatic heterocycles. The van der Waals surface area contributed by atoms with Crippen LogP contribution in [-0.4, -0.2) is 54.0 Å². The van der Waals surface area contributed by atoms with Crippen molar-refractivity contribution in [3.8, 4) is 11.1 Å². The molecule has 148 valence electrons. The summed E-state index contributed by atoms with van der Waals surface area (Å²) < 4.78 is 0. The minimum atomic E-state index is -0.825. The molecule has 0 saturated carbocycles. The molecular formula is C23H28N2O3. The molecule has 2 aromatic rings. The van der Waals surface area contributed by atoms with Gasteiger partial charge >= 0.3 is 0 Å². The SMILES string of the molecule is CCC(=O)c1cccc(-c2ccc(C(=O)NCC3(O)CCN(C)CC3)cc2)c1. The van der Waals surface area contributed by atoms with Crippen LogP contribution in [0.5, 0.6) is 0 Å². The number of amides is 1. The summed E-state index contributed by atoms with van der Waals surface area (Å²) in [5.74, 6) is -0.0708. The fraction of sp³-hybridized carbons (Fsp3) is 0.391. The van der Waals surface area contributed by atoms with Gasteiger partial charge in [0.15, 0.2) is 5.78 Å². The molecule has 5 heteroatoms. The number of carbonyl (C=O) groups excluding carboxylic acids is 2. The van der Waals surface area contributed by atoms with E-state index in [4.69, 9.17) is 0 Å². The van der Waals surface area contributed by atoms with Gasteiger partial charge in [0.1, 0.15) is 0 Å². The molecule has 0 spiro atoms. The van der Waals surface area contributed by atoms with Crippen LogP contribution in [0.3, 0.4) is 0 Å². The zero-order valence-electron chi connectivity index (χ0n) is 16.6. The van der Waals surface area contributed by atoms with Crippen molar-refractivity contribution in [2.45, 2.75) is 31.8 Å². The standard InChI is InChI=1S/C23H28N2O3/c1-3-21(26)20-6-4-5-19(15-20)17-7-9-18(10-8-17)22(27)24-16-23(28)11-13-25(2)14-12-23/h4-10,15,28H,3,11-14,16H2,1-2H3,(H,24,27). The van der Waals surface area contributed by atoms with Gasteiger partial charge in [0.05, 0.1) is 5.60 Å². The largest absolute Gasteiger partial charge is 0.388 e. The first-order valence-corrected chi connectivity index (χ1v) is 9.83. The maximum absolute atomic E-state index is 12.4. The Labute approximate surface area is 166 Å². The first kappa shape index (κ1) is 20.2. The average molecular weight is 380 g/mol. The molecule has 1 amide bonds. The molecule has 2 N–H and O–H groups in total. The Kier molecular flexibility index (Phi) is 6.27. The molecule has 2 aromatic carbocycles. The fourth-order valence-corrected chi connectivity index (χ4v) is 3.45. The van der Waals surface area contributed by atoms with E-state index in [0.29, 0.717) is 30.4 Å². The Morgan fingerprint density at radius 1 is 1.04 bits per heavy atom. The lowest BCUT2D eigenvalue weighted by atomic mass is 9.91. The van der Waals surface area contributed by atoms with Crippen molar-refractivity contribution in [2.24, 2.45) is 0 Å². The van der Waals surface area contributed by atoms with Crippen molar-refractivity contribution in [1.82, 2.24) is 10.2 Å². The summed E-state index contributed by atoms with van der Waals surface area (Å²) in [6.07, 6.45) is 1.80. The highest BCUT2D eigenvalue weighted by Gasteiger charge is 2.31. The van der Waals surface area contributed by atoms with Gasteiger partial charge in [-0.2, -0.15) is 0 Å². The summed E-state index contributed by atoms with van der Waals surface area (Å²) in [5, 5.41) is 13.5. The fourth-order valence-electron chi connectivity index (χ4n) is 3.45. The summed E-state index contributed by atoms with van der Waals surface area (Å²) in [5.41, 5.74) is 2.34. The predicted molar refractivity (Wildman–Crippen MR) is 111 cm³/mol. The molecule has 3 rings (SSSR count). The van der Waals surface area contributed by atoms with E-state index >= 15 is 0 Å². The number of ketones is 1. The zero-order valence-corrected chi connectivity index (χ0v) is 16.6. The Morgan fingerprint density at radius 3 is 2.36 bits per heavy atom. The third-order valence-electron chi connectivity index (χ3n) is 5.48. The minimum Gasteiger partial charge on any atom is -0.388 e. The van der Waals surface area contributed by atoms with Crippen LogP contribution in [0.2, 0.25) is 0 Å². The number of likely N-dealkylation sites (tertiary alicyclic amines) is 1. The number of hydrogen-bond donors (Lipinski definition) is 2. The lowest BCUT2D eigenvalue weighted by Crippen LogP contribution is -2.50. The quantitative estimate of drug-likeness (QED) is 0.756. The van der Waals surface area contributed by atoms with Gasteiger partial charge in [0, 0.05) is 37.2 Å². The number of aliphatic hydroxyl groups is 1. The van der Waals surface area contributed by atoms with E-state index in [9.17, 15) is 14.7 Å². The third-order valence-corrected chi connectivity index (χ3v) is 5.48. The molecule has 28 heavy (non-hydrogen) atoms. The Morgan fingerprint density at radius 2 is 1.71 bits per heavy atom. The van der Waals surface area contributed by atoms with E-state index < -0.39 is 5.60 Å². The van der Waals surface area contributed by atoms with Crippen molar-refractivity contribution >= 4 is 11.7 Å². The summed E-state index contributed by atoms with van der Waals surface area (Å²) >= 11 is 0. The van der Waals surface area contributed by atoms with Gasteiger partial charge in [-0.15, -0.1) is 0 Å². The molecule has 0 bridgehead atoms. The number of hydrogen-bond acceptors (Lipinski definition) is 4. The smallest absolute Gasteiger partial charge is 0.251 e. The van der Waals surface area contributed by atoms with Crippen LogP contribution < -0.4 is 5.32 Å². The Bertz CT molecular complexity index is 837. The van der Waals surface area contributed by atoms with Crippen LogP contribution >= 0.6 is 0 Å². The number of nitrogens with one attached hydrogen (secondary N) is 1. The predicted octanol–water partition coefficient (Wildman–Crippen LogP) is 3.13. The molecule has 1 saturated heterocycles. The van der Waals surface area contributed by atoms with E-state index in [1.54, 1.807) is 12.1 Å². The van der Waals surface area contributed by atoms with Crippen molar-refractivity contribution in [2.75, 3.05) is 26.7 Å². The first-order chi connectivity index (χ1) is 13.4. The Balaban J connectivity index is 1.64. The van der Waals surface area contributed by atoms with Gasteiger partial charge < -0.3 is 15.3 Å². The topological polar surface area (TPSA) is 69.6 Å². The second-order valence-electron chi connectivity index (χ2n) is 7.65.